The zero-order chi connectivity index (χ0) is 17.7. The summed E-state index contributed by atoms with van der Waals surface area (Å²) in [6, 6.07) is 13.2. The summed E-state index contributed by atoms with van der Waals surface area (Å²) in [4.78, 5) is 12.1. The Morgan fingerprint density at radius 3 is 2.50 bits per heavy atom. The van der Waals surface area contributed by atoms with Gasteiger partial charge in [-0.25, -0.2) is 12.7 Å². The quantitative estimate of drug-likeness (QED) is 0.822. The number of rotatable bonds is 6. The van der Waals surface area contributed by atoms with E-state index < -0.39 is 10.0 Å². The second kappa shape index (κ2) is 7.65. The number of para-hydroxylation sites is 1. The fourth-order valence-electron chi connectivity index (χ4n) is 1.98. The number of sulfonamides is 1. The highest BCUT2D eigenvalue weighted by molar-refractivity contribution is 7.89. The number of nitrogens with zero attached hydrogens (tertiary/aromatic N) is 1. The van der Waals surface area contributed by atoms with Gasteiger partial charge in [-0.3, -0.25) is 4.79 Å². The molecule has 2 aromatic carbocycles. The van der Waals surface area contributed by atoms with Crippen LogP contribution >= 0.6 is 11.6 Å². The Bertz CT molecular complexity index is 838. The van der Waals surface area contributed by atoms with Crippen molar-refractivity contribution < 1.29 is 13.2 Å². The van der Waals surface area contributed by atoms with E-state index >= 15 is 0 Å². The van der Waals surface area contributed by atoms with Crippen LogP contribution in [0.3, 0.4) is 0 Å². The standard InChI is InChI=1S/C16H18ClN3O3S/c1-20(2)24(22,23)15-9-4-3-8-14(15)18-11-16(21)19-13-7-5-6-12(17)10-13/h3-10,18H,11H2,1-2H3,(H,19,21). The van der Waals surface area contributed by atoms with Gasteiger partial charge in [0.05, 0.1) is 12.2 Å². The third-order valence-corrected chi connectivity index (χ3v) is 5.30. The highest BCUT2D eigenvalue weighted by Gasteiger charge is 2.20. The van der Waals surface area contributed by atoms with E-state index in [-0.39, 0.29) is 17.3 Å². The number of halogens is 1. The Labute approximate surface area is 146 Å². The molecule has 0 atom stereocenters. The molecular weight excluding hydrogens is 350 g/mol. The van der Waals surface area contributed by atoms with E-state index in [1.807, 2.05) is 0 Å². The van der Waals surface area contributed by atoms with Gasteiger partial charge in [0.1, 0.15) is 4.90 Å². The smallest absolute Gasteiger partial charge is 0.244 e. The van der Waals surface area contributed by atoms with Gasteiger partial charge < -0.3 is 10.6 Å². The molecule has 0 fully saturated rings. The first-order chi connectivity index (χ1) is 11.3. The molecule has 0 saturated heterocycles. The van der Waals surface area contributed by atoms with Gasteiger partial charge in [-0.05, 0) is 30.3 Å². The highest BCUT2D eigenvalue weighted by atomic mass is 35.5. The summed E-state index contributed by atoms with van der Waals surface area (Å²) < 4.78 is 25.7. The normalized spacial score (nSPS) is 11.3. The number of hydrogen-bond donors (Lipinski definition) is 2. The summed E-state index contributed by atoms with van der Waals surface area (Å²) in [5.41, 5.74) is 0.941. The van der Waals surface area contributed by atoms with E-state index in [9.17, 15) is 13.2 Å². The van der Waals surface area contributed by atoms with Crippen molar-refractivity contribution in [3.8, 4) is 0 Å². The molecule has 0 aliphatic carbocycles. The van der Waals surface area contributed by atoms with Crippen LogP contribution < -0.4 is 10.6 Å². The van der Waals surface area contributed by atoms with Crippen LogP contribution in [0.5, 0.6) is 0 Å². The summed E-state index contributed by atoms with van der Waals surface area (Å²) in [7, 11) is -0.686. The number of carbonyl (C=O) groups is 1. The summed E-state index contributed by atoms with van der Waals surface area (Å²) in [5, 5.41) is 6.06. The lowest BCUT2D eigenvalue weighted by atomic mass is 10.3. The molecule has 0 aliphatic rings. The van der Waals surface area contributed by atoms with Crippen molar-refractivity contribution in [3.63, 3.8) is 0 Å². The van der Waals surface area contributed by atoms with E-state index in [1.54, 1.807) is 42.5 Å². The van der Waals surface area contributed by atoms with Crippen LogP contribution in [-0.4, -0.2) is 39.3 Å². The van der Waals surface area contributed by atoms with Crippen LogP contribution in [-0.2, 0) is 14.8 Å². The van der Waals surface area contributed by atoms with Crippen molar-refractivity contribution in [2.75, 3.05) is 31.3 Å². The van der Waals surface area contributed by atoms with Gasteiger partial charge in [0.25, 0.3) is 0 Å². The van der Waals surface area contributed by atoms with Gasteiger partial charge in [0, 0.05) is 24.8 Å². The maximum atomic E-state index is 12.3. The number of anilines is 2. The summed E-state index contributed by atoms with van der Waals surface area (Å²) >= 11 is 5.86. The third-order valence-electron chi connectivity index (χ3n) is 3.19. The van der Waals surface area contributed by atoms with Crippen molar-refractivity contribution in [2.24, 2.45) is 0 Å². The van der Waals surface area contributed by atoms with Crippen LogP contribution in [0.15, 0.2) is 53.4 Å². The molecule has 0 spiro atoms. The molecule has 24 heavy (non-hydrogen) atoms. The predicted octanol–water partition coefficient (Wildman–Crippen LogP) is 2.64. The minimum Gasteiger partial charge on any atom is -0.375 e. The molecule has 2 rings (SSSR count). The molecule has 0 radical (unpaired) electrons. The molecule has 0 unspecified atom stereocenters. The zero-order valence-electron chi connectivity index (χ0n) is 13.3. The maximum absolute atomic E-state index is 12.3. The van der Waals surface area contributed by atoms with Crippen LogP contribution in [0.25, 0.3) is 0 Å². The minimum atomic E-state index is -3.60. The predicted molar refractivity (Wildman–Crippen MR) is 95.9 cm³/mol. The first-order valence-electron chi connectivity index (χ1n) is 7.11. The fourth-order valence-corrected chi connectivity index (χ4v) is 3.23. The Hall–Kier alpha value is -2.09. The molecule has 2 N–H and O–H groups in total. The zero-order valence-corrected chi connectivity index (χ0v) is 14.9. The van der Waals surface area contributed by atoms with Gasteiger partial charge in [0.2, 0.25) is 15.9 Å². The molecule has 2 aromatic rings. The average molecular weight is 368 g/mol. The second-order valence-electron chi connectivity index (χ2n) is 5.20. The molecule has 0 aromatic heterocycles. The Morgan fingerprint density at radius 2 is 1.83 bits per heavy atom. The van der Waals surface area contributed by atoms with E-state index in [0.717, 1.165) is 4.31 Å². The number of carbonyl (C=O) groups excluding carboxylic acids is 1. The first kappa shape index (κ1) is 18.3. The molecule has 0 heterocycles. The molecule has 0 bridgehead atoms. The lowest BCUT2D eigenvalue weighted by Crippen LogP contribution is -2.25. The maximum Gasteiger partial charge on any atom is 0.244 e. The Kier molecular flexibility index (Phi) is 5.82. The molecule has 0 saturated carbocycles. The van der Waals surface area contributed by atoms with Crippen LogP contribution in [0, 0.1) is 0 Å². The van der Waals surface area contributed by atoms with Crippen LogP contribution in [0.2, 0.25) is 5.02 Å². The fraction of sp³-hybridized carbons (Fsp3) is 0.188. The molecule has 1 amide bonds. The van der Waals surface area contributed by atoms with Gasteiger partial charge in [-0.15, -0.1) is 0 Å². The van der Waals surface area contributed by atoms with E-state index in [4.69, 9.17) is 11.6 Å². The van der Waals surface area contributed by atoms with Crippen molar-refractivity contribution >= 4 is 38.9 Å². The lowest BCUT2D eigenvalue weighted by molar-refractivity contribution is -0.114. The van der Waals surface area contributed by atoms with Crippen LogP contribution in [0.1, 0.15) is 0 Å². The summed E-state index contributed by atoms with van der Waals surface area (Å²) in [6.45, 7) is -0.0769. The number of amides is 1. The van der Waals surface area contributed by atoms with E-state index in [0.29, 0.717) is 16.4 Å². The largest absolute Gasteiger partial charge is 0.375 e. The molecular formula is C16H18ClN3O3S. The molecule has 6 nitrogen and oxygen atoms in total. The monoisotopic (exact) mass is 367 g/mol. The van der Waals surface area contributed by atoms with Gasteiger partial charge in [-0.2, -0.15) is 0 Å². The highest BCUT2D eigenvalue weighted by Crippen LogP contribution is 2.23. The molecule has 0 aliphatic heterocycles. The van der Waals surface area contributed by atoms with E-state index in [2.05, 4.69) is 10.6 Å². The van der Waals surface area contributed by atoms with Crippen molar-refractivity contribution in [1.82, 2.24) is 4.31 Å². The lowest BCUT2D eigenvalue weighted by Gasteiger charge is -2.16. The van der Waals surface area contributed by atoms with Crippen molar-refractivity contribution in [3.05, 3.63) is 53.6 Å². The van der Waals surface area contributed by atoms with Crippen molar-refractivity contribution in [1.29, 1.82) is 0 Å². The van der Waals surface area contributed by atoms with Gasteiger partial charge in [0.15, 0.2) is 0 Å². The number of benzene rings is 2. The Balaban J connectivity index is 2.09. The minimum absolute atomic E-state index is 0.0769. The topological polar surface area (TPSA) is 78.5 Å². The molecule has 128 valence electrons. The SMILES string of the molecule is CN(C)S(=O)(=O)c1ccccc1NCC(=O)Nc1cccc(Cl)c1. The third kappa shape index (κ3) is 4.47. The van der Waals surface area contributed by atoms with Gasteiger partial charge in [-0.1, -0.05) is 29.8 Å². The second-order valence-corrected chi connectivity index (χ2v) is 7.75. The van der Waals surface area contributed by atoms with Gasteiger partial charge >= 0.3 is 0 Å². The average Bonchev–Trinajstić information content (AvgIpc) is 2.53. The van der Waals surface area contributed by atoms with E-state index in [1.165, 1.54) is 20.2 Å². The molecule has 8 heteroatoms. The first-order valence-corrected chi connectivity index (χ1v) is 8.93. The number of hydrogen-bond acceptors (Lipinski definition) is 4. The van der Waals surface area contributed by atoms with Crippen LogP contribution in [0.4, 0.5) is 11.4 Å². The number of nitrogens with one attached hydrogen (secondary N) is 2. The Morgan fingerprint density at radius 1 is 1.12 bits per heavy atom. The summed E-state index contributed by atoms with van der Waals surface area (Å²) in [5.74, 6) is -0.311. The van der Waals surface area contributed by atoms with Crippen molar-refractivity contribution in [2.45, 2.75) is 4.90 Å². The summed E-state index contributed by atoms with van der Waals surface area (Å²) in [6.07, 6.45) is 0.